The fraction of sp³-hybridized carbons (Fsp3) is 0.838. The Bertz CT molecular complexity index is 1280. The van der Waals surface area contributed by atoms with Gasteiger partial charge in [-0.2, -0.15) is 0 Å². The van der Waals surface area contributed by atoms with Crippen molar-refractivity contribution in [3.8, 4) is 0 Å². The van der Waals surface area contributed by atoms with Crippen LogP contribution in [-0.4, -0.2) is 37.2 Å². The van der Waals surface area contributed by atoms with Crippen LogP contribution in [0.1, 0.15) is 348 Å². The molecule has 0 aliphatic rings. The lowest BCUT2D eigenvalue weighted by atomic mass is 10.0. The summed E-state index contributed by atoms with van der Waals surface area (Å²) in [6, 6.07) is 0. The molecule has 0 fully saturated rings. The van der Waals surface area contributed by atoms with Gasteiger partial charge in [0.25, 0.3) is 0 Å². The fourth-order valence-corrected chi connectivity index (χ4v) is 9.73. The van der Waals surface area contributed by atoms with Crippen molar-refractivity contribution in [2.45, 2.75) is 354 Å². The summed E-state index contributed by atoms with van der Waals surface area (Å²) < 4.78 is 17.0. The Balaban J connectivity index is 4.34. The third kappa shape index (κ3) is 60.2. The number of unbranched alkanes of at least 4 members (excludes halogenated alkanes) is 41. The van der Waals surface area contributed by atoms with Gasteiger partial charge in [0.15, 0.2) is 6.10 Å². The lowest BCUT2D eigenvalue weighted by Crippen LogP contribution is -2.30. The second kappa shape index (κ2) is 62.9. The predicted octanol–water partition coefficient (Wildman–Crippen LogP) is 22.2. The average molecular weight is 1040 g/mol. The molecular weight excluding hydrogens is 913 g/mol. The van der Waals surface area contributed by atoms with Crippen LogP contribution in [0.5, 0.6) is 0 Å². The Kier molecular flexibility index (Phi) is 60.7. The monoisotopic (exact) mass is 1040 g/mol. The maximum absolute atomic E-state index is 12.9. The van der Waals surface area contributed by atoms with Crippen LogP contribution in [0.2, 0.25) is 0 Å². The fourth-order valence-electron chi connectivity index (χ4n) is 9.73. The van der Waals surface area contributed by atoms with Crippen molar-refractivity contribution < 1.29 is 28.6 Å². The first-order chi connectivity index (χ1) is 36.5. The van der Waals surface area contributed by atoms with Crippen LogP contribution in [0, 0.1) is 0 Å². The van der Waals surface area contributed by atoms with Crippen molar-refractivity contribution in [3.05, 3.63) is 48.6 Å². The Morgan fingerprint density at radius 2 is 0.527 bits per heavy atom. The molecule has 0 aromatic heterocycles. The highest BCUT2D eigenvalue weighted by Gasteiger charge is 2.19. The highest BCUT2D eigenvalue weighted by molar-refractivity contribution is 5.71. The van der Waals surface area contributed by atoms with E-state index < -0.39 is 6.10 Å². The van der Waals surface area contributed by atoms with E-state index in [1.165, 1.54) is 218 Å². The molecule has 0 spiro atoms. The van der Waals surface area contributed by atoms with Gasteiger partial charge < -0.3 is 14.2 Å². The predicted molar refractivity (Wildman–Crippen MR) is 321 cm³/mol. The molecule has 0 rings (SSSR count). The maximum atomic E-state index is 12.9. The molecule has 6 heteroatoms. The molecule has 1 atom stereocenters. The largest absolute Gasteiger partial charge is 0.462 e. The summed E-state index contributed by atoms with van der Waals surface area (Å²) in [5.41, 5.74) is 0. The van der Waals surface area contributed by atoms with E-state index in [-0.39, 0.29) is 31.1 Å². The van der Waals surface area contributed by atoms with E-state index in [1.54, 1.807) is 0 Å². The molecule has 6 nitrogen and oxygen atoms in total. The number of rotatable bonds is 60. The second-order valence-corrected chi connectivity index (χ2v) is 22.0. The Morgan fingerprint density at radius 1 is 0.284 bits per heavy atom. The van der Waals surface area contributed by atoms with Crippen LogP contribution in [0.15, 0.2) is 48.6 Å². The summed E-state index contributed by atoms with van der Waals surface area (Å²) in [5.74, 6) is -0.852. The van der Waals surface area contributed by atoms with Crippen molar-refractivity contribution in [3.63, 3.8) is 0 Å². The van der Waals surface area contributed by atoms with Gasteiger partial charge in [-0.05, 0) is 57.8 Å². The van der Waals surface area contributed by atoms with Gasteiger partial charge in [-0.25, -0.2) is 0 Å². The molecule has 432 valence electrons. The Morgan fingerprint density at radius 3 is 0.824 bits per heavy atom. The normalized spacial score (nSPS) is 12.3. The summed E-state index contributed by atoms with van der Waals surface area (Å²) in [6.07, 6.45) is 78.3. The molecule has 0 radical (unpaired) electrons. The molecule has 74 heavy (non-hydrogen) atoms. The zero-order valence-electron chi connectivity index (χ0n) is 49.6. The van der Waals surface area contributed by atoms with Crippen LogP contribution in [0.4, 0.5) is 0 Å². The molecule has 0 aliphatic carbocycles. The van der Waals surface area contributed by atoms with E-state index >= 15 is 0 Å². The molecule has 0 aliphatic heterocycles. The molecule has 0 N–H and O–H groups in total. The summed E-state index contributed by atoms with van der Waals surface area (Å²) in [4.78, 5) is 38.4. The van der Waals surface area contributed by atoms with Crippen molar-refractivity contribution in [2.24, 2.45) is 0 Å². The molecule has 0 saturated carbocycles. The molecule has 0 heterocycles. The van der Waals surface area contributed by atoms with E-state index in [0.717, 1.165) is 89.9 Å². The summed E-state index contributed by atoms with van der Waals surface area (Å²) in [5, 5.41) is 0. The van der Waals surface area contributed by atoms with Gasteiger partial charge in [-0.3, -0.25) is 14.4 Å². The number of esters is 3. The first-order valence-corrected chi connectivity index (χ1v) is 32.6. The summed E-state index contributed by atoms with van der Waals surface area (Å²) >= 11 is 0. The van der Waals surface area contributed by atoms with Gasteiger partial charge >= 0.3 is 17.9 Å². The average Bonchev–Trinajstić information content (AvgIpc) is 3.40. The highest BCUT2D eigenvalue weighted by Crippen LogP contribution is 2.18. The lowest BCUT2D eigenvalue weighted by Gasteiger charge is -2.18. The second-order valence-electron chi connectivity index (χ2n) is 22.0. The van der Waals surface area contributed by atoms with Crippen molar-refractivity contribution >= 4 is 17.9 Å². The van der Waals surface area contributed by atoms with Gasteiger partial charge in [0.05, 0.1) is 0 Å². The number of hydrogen-bond acceptors (Lipinski definition) is 6. The molecule has 0 saturated heterocycles. The van der Waals surface area contributed by atoms with Crippen LogP contribution in [0.3, 0.4) is 0 Å². The van der Waals surface area contributed by atoms with Crippen LogP contribution < -0.4 is 0 Å². The third-order valence-electron chi connectivity index (χ3n) is 14.6. The molecule has 0 amide bonds. The molecule has 1 unspecified atom stereocenters. The maximum Gasteiger partial charge on any atom is 0.306 e. The van der Waals surface area contributed by atoms with Gasteiger partial charge in [-0.1, -0.05) is 320 Å². The van der Waals surface area contributed by atoms with Gasteiger partial charge in [-0.15, -0.1) is 0 Å². The summed E-state index contributed by atoms with van der Waals surface area (Å²) in [7, 11) is 0. The first kappa shape index (κ1) is 71.4. The first-order valence-electron chi connectivity index (χ1n) is 32.6. The van der Waals surface area contributed by atoms with E-state index in [4.69, 9.17) is 14.2 Å². The van der Waals surface area contributed by atoms with Crippen LogP contribution in [-0.2, 0) is 28.6 Å². The Hall–Kier alpha value is -2.63. The minimum Gasteiger partial charge on any atom is -0.462 e. The topological polar surface area (TPSA) is 78.9 Å². The number of carbonyl (C=O) groups excluding carboxylic acids is 3. The number of hydrogen-bond donors (Lipinski definition) is 0. The molecule has 0 bridgehead atoms. The Labute approximate surface area is 460 Å². The number of allylic oxidation sites excluding steroid dienone is 8. The van der Waals surface area contributed by atoms with Gasteiger partial charge in [0.1, 0.15) is 13.2 Å². The minimum absolute atomic E-state index is 0.0701. The van der Waals surface area contributed by atoms with Gasteiger partial charge in [0, 0.05) is 19.3 Å². The van der Waals surface area contributed by atoms with Crippen LogP contribution in [0.25, 0.3) is 0 Å². The van der Waals surface area contributed by atoms with E-state index in [2.05, 4.69) is 69.4 Å². The quantitative estimate of drug-likeness (QED) is 0.0261. The number of ether oxygens (including phenoxy) is 3. The van der Waals surface area contributed by atoms with Crippen molar-refractivity contribution in [2.75, 3.05) is 13.2 Å². The minimum atomic E-state index is -0.774. The van der Waals surface area contributed by atoms with E-state index in [1.807, 2.05) is 0 Å². The van der Waals surface area contributed by atoms with E-state index in [0.29, 0.717) is 19.3 Å². The third-order valence-corrected chi connectivity index (χ3v) is 14.6. The zero-order valence-corrected chi connectivity index (χ0v) is 49.6. The zero-order chi connectivity index (χ0) is 53.6. The van der Waals surface area contributed by atoms with Gasteiger partial charge in [0.2, 0.25) is 0 Å². The molecular formula is C68H124O6. The molecule has 0 aromatic rings. The van der Waals surface area contributed by atoms with Crippen molar-refractivity contribution in [1.82, 2.24) is 0 Å². The smallest absolute Gasteiger partial charge is 0.306 e. The van der Waals surface area contributed by atoms with Crippen molar-refractivity contribution in [1.29, 1.82) is 0 Å². The SMILES string of the molecule is CC/C=C\C/C=C\C/C=C\C/C=C\CCCCCCCCCCC(=O)OCC(COC(=O)CCCCCCCCCCCCCCCCCCC)OC(=O)CCCCCCCCCCCCCCCCCCCC. The van der Waals surface area contributed by atoms with E-state index in [9.17, 15) is 14.4 Å². The lowest BCUT2D eigenvalue weighted by molar-refractivity contribution is -0.167. The molecule has 0 aromatic carbocycles. The van der Waals surface area contributed by atoms with Crippen LogP contribution >= 0.6 is 0 Å². The summed E-state index contributed by atoms with van der Waals surface area (Å²) in [6.45, 7) is 6.59. The highest BCUT2D eigenvalue weighted by atomic mass is 16.6. The number of carbonyl (C=O) groups is 3. The standard InChI is InChI=1S/C68H124O6/c1-4-7-10-13-16-19-22-25-28-31-33-34-35-38-40-43-46-49-52-55-58-61-67(70)73-64-65(63-72-66(69)60-57-54-51-48-45-42-39-36-30-27-24-21-18-15-12-9-6-3)74-68(71)62-59-56-53-50-47-44-41-37-32-29-26-23-20-17-14-11-8-5-2/h7,10,16,19,25,28,33-34,65H,4-6,8-9,11-15,17-18,20-24,26-27,29-32,35-64H2,1-3H3/b10-7-,19-16-,28-25-,34-33-.